The molecule has 8 nitrogen and oxygen atoms in total. The molecule has 0 radical (unpaired) electrons. The van der Waals surface area contributed by atoms with Gasteiger partial charge in [0, 0.05) is 13.1 Å². The van der Waals surface area contributed by atoms with Crippen LogP contribution in [0.3, 0.4) is 0 Å². The summed E-state index contributed by atoms with van der Waals surface area (Å²) < 4.78 is 35.1. The lowest BCUT2D eigenvalue weighted by molar-refractivity contribution is -0.139. The molecule has 0 fully saturated rings. The fourth-order valence-electron chi connectivity index (χ4n) is 4.61. The number of sulfonamides is 1. The lowest BCUT2D eigenvalue weighted by atomic mass is 10.1. The Hall–Kier alpha value is -3.85. The number of nitrogens with one attached hydrogen (secondary N) is 1. The van der Waals surface area contributed by atoms with Crippen molar-refractivity contribution in [2.24, 2.45) is 5.92 Å². The quantitative estimate of drug-likeness (QED) is 0.261. The second-order valence-corrected chi connectivity index (χ2v) is 12.5. The molecule has 0 aliphatic carbocycles. The highest BCUT2D eigenvalue weighted by Crippen LogP contribution is 2.33. The van der Waals surface area contributed by atoms with Crippen LogP contribution in [0.4, 0.5) is 5.69 Å². The number of carbonyl (C=O) groups is 2. The van der Waals surface area contributed by atoms with Crippen LogP contribution in [0.15, 0.2) is 83.8 Å². The van der Waals surface area contributed by atoms with E-state index in [2.05, 4.69) is 5.32 Å². The van der Waals surface area contributed by atoms with Crippen molar-refractivity contribution in [3.8, 4) is 5.75 Å². The van der Waals surface area contributed by atoms with Gasteiger partial charge in [-0.25, -0.2) is 8.42 Å². The second kappa shape index (κ2) is 15.4. The highest BCUT2D eigenvalue weighted by atomic mass is 32.2. The zero-order valence-corrected chi connectivity index (χ0v) is 26.1. The number of para-hydroxylation sites is 2. The lowest BCUT2D eigenvalue weighted by Crippen LogP contribution is -2.53. The molecule has 0 saturated heterocycles. The molecule has 0 bridgehead atoms. The van der Waals surface area contributed by atoms with Gasteiger partial charge in [-0.05, 0) is 62.4 Å². The van der Waals surface area contributed by atoms with E-state index in [9.17, 15) is 18.0 Å². The van der Waals surface area contributed by atoms with Crippen molar-refractivity contribution in [3.63, 3.8) is 0 Å². The molecule has 0 saturated carbocycles. The number of rotatable bonds is 15. The molecule has 2 amide bonds. The number of benzene rings is 3. The zero-order chi connectivity index (χ0) is 30.7. The highest BCUT2D eigenvalue weighted by molar-refractivity contribution is 7.92. The smallest absolute Gasteiger partial charge is 0.264 e. The van der Waals surface area contributed by atoms with Gasteiger partial charge < -0.3 is 15.0 Å². The van der Waals surface area contributed by atoms with Gasteiger partial charge in [0.05, 0.1) is 17.2 Å². The van der Waals surface area contributed by atoms with Gasteiger partial charge in [-0.2, -0.15) is 0 Å². The van der Waals surface area contributed by atoms with Crippen molar-refractivity contribution in [1.29, 1.82) is 0 Å². The minimum atomic E-state index is -4.18. The van der Waals surface area contributed by atoms with Crippen LogP contribution in [0.1, 0.15) is 45.2 Å². The third-order valence-corrected chi connectivity index (χ3v) is 8.65. The van der Waals surface area contributed by atoms with Crippen molar-refractivity contribution in [2.45, 2.75) is 58.4 Å². The van der Waals surface area contributed by atoms with Crippen LogP contribution in [-0.2, 0) is 26.0 Å². The van der Waals surface area contributed by atoms with Gasteiger partial charge in [-0.1, -0.05) is 80.9 Å². The molecule has 0 aliphatic heterocycles. The maximum atomic E-state index is 14.2. The molecule has 3 aromatic rings. The Balaban J connectivity index is 2.05. The van der Waals surface area contributed by atoms with Gasteiger partial charge in [-0.15, -0.1) is 0 Å². The maximum Gasteiger partial charge on any atom is 0.264 e. The van der Waals surface area contributed by atoms with Gasteiger partial charge in [-0.3, -0.25) is 13.9 Å². The third-order valence-electron chi connectivity index (χ3n) is 6.88. The van der Waals surface area contributed by atoms with Crippen LogP contribution in [0.25, 0.3) is 0 Å². The van der Waals surface area contributed by atoms with E-state index in [1.165, 1.54) is 17.0 Å². The van der Waals surface area contributed by atoms with Crippen LogP contribution in [0, 0.1) is 12.8 Å². The zero-order valence-electron chi connectivity index (χ0n) is 25.2. The molecular formula is C33H43N3O5S. The number of aryl methyl sites for hydroxylation is 1. The number of ether oxygens (including phenoxy) is 1. The predicted octanol–water partition coefficient (Wildman–Crippen LogP) is 5.21. The first-order chi connectivity index (χ1) is 20.1. The molecule has 3 rings (SSSR count). The Labute approximate surface area is 250 Å². The van der Waals surface area contributed by atoms with E-state index in [4.69, 9.17) is 4.74 Å². The minimum absolute atomic E-state index is 0.0600. The minimum Gasteiger partial charge on any atom is -0.492 e. The summed E-state index contributed by atoms with van der Waals surface area (Å²) in [4.78, 5) is 29.1. The summed E-state index contributed by atoms with van der Waals surface area (Å²) in [6.45, 7) is 10.1. The van der Waals surface area contributed by atoms with Crippen molar-refractivity contribution in [3.05, 3.63) is 90.0 Å². The van der Waals surface area contributed by atoms with Gasteiger partial charge in [0.1, 0.15) is 18.3 Å². The van der Waals surface area contributed by atoms with Crippen LogP contribution in [-0.4, -0.2) is 57.4 Å². The van der Waals surface area contributed by atoms with E-state index < -0.39 is 28.5 Å². The van der Waals surface area contributed by atoms with E-state index in [0.717, 1.165) is 15.4 Å². The summed E-state index contributed by atoms with van der Waals surface area (Å²) in [6.07, 6.45) is 0.894. The summed E-state index contributed by atoms with van der Waals surface area (Å²) in [5.74, 6) is -0.138. The molecule has 226 valence electrons. The summed E-state index contributed by atoms with van der Waals surface area (Å²) in [5.41, 5.74) is 2.18. The molecule has 1 N–H and O–H groups in total. The highest BCUT2D eigenvalue weighted by Gasteiger charge is 2.34. The average Bonchev–Trinajstić information content (AvgIpc) is 2.98. The third kappa shape index (κ3) is 8.58. The van der Waals surface area contributed by atoms with Crippen LogP contribution >= 0.6 is 0 Å². The number of nitrogens with zero attached hydrogens (tertiary/aromatic N) is 2. The van der Waals surface area contributed by atoms with Crippen molar-refractivity contribution >= 4 is 27.5 Å². The standard InChI is InChI=1S/C33H43N3O5S/c1-6-29(33(38)34-23-25(3)4)35(22-21-27-13-9-8-10-14-27)32(37)24-36(30-15-11-12-16-31(30)41-7-2)42(39,40)28-19-17-26(5)18-20-28/h8-20,25,29H,6-7,21-24H2,1-5H3,(H,34,38)/t29-/m1/s1. The lowest BCUT2D eigenvalue weighted by Gasteiger charge is -2.33. The van der Waals surface area contributed by atoms with Gasteiger partial charge in [0.25, 0.3) is 10.0 Å². The van der Waals surface area contributed by atoms with Gasteiger partial charge >= 0.3 is 0 Å². The molecule has 0 heterocycles. The monoisotopic (exact) mass is 593 g/mol. The topological polar surface area (TPSA) is 96.0 Å². The van der Waals surface area contributed by atoms with E-state index in [1.807, 2.05) is 65.0 Å². The fourth-order valence-corrected chi connectivity index (χ4v) is 6.03. The van der Waals surface area contributed by atoms with E-state index in [-0.39, 0.29) is 29.0 Å². The summed E-state index contributed by atoms with van der Waals surface area (Å²) in [7, 11) is -4.18. The molecule has 1 atom stereocenters. The molecular weight excluding hydrogens is 550 g/mol. The van der Waals surface area contributed by atoms with Crippen molar-refractivity contribution < 1.29 is 22.7 Å². The van der Waals surface area contributed by atoms with E-state index in [0.29, 0.717) is 31.7 Å². The first-order valence-corrected chi connectivity index (χ1v) is 15.9. The second-order valence-electron chi connectivity index (χ2n) is 10.6. The number of hydrogen-bond donors (Lipinski definition) is 1. The van der Waals surface area contributed by atoms with Crippen molar-refractivity contribution in [1.82, 2.24) is 10.2 Å². The average molecular weight is 594 g/mol. The molecule has 0 aromatic heterocycles. The Morgan fingerprint density at radius 2 is 1.55 bits per heavy atom. The summed E-state index contributed by atoms with van der Waals surface area (Å²) >= 11 is 0. The Bertz CT molecular complexity index is 1410. The number of carbonyl (C=O) groups excluding carboxylic acids is 2. The van der Waals surface area contributed by atoms with Crippen LogP contribution < -0.4 is 14.4 Å². The molecule has 42 heavy (non-hydrogen) atoms. The Morgan fingerprint density at radius 1 is 0.905 bits per heavy atom. The molecule has 9 heteroatoms. The van der Waals surface area contributed by atoms with Gasteiger partial charge in [0.15, 0.2) is 0 Å². The first kappa shape index (κ1) is 32.7. The molecule has 0 unspecified atom stereocenters. The maximum absolute atomic E-state index is 14.2. The van der Waals surface area contributed by atoms with Gasteiger partial charge in [0.2, 0.25) is 11.8 Å². The Morgan fingerprint density at radius 3 is 2.17 bits per heavy atom. The van der Waals surface area contributed by atoms with Crippen molar-refractivity contribution in [2.75, 3.05) is 30.5 Å². The number of hydrogen-bond acceptors (Lipinski definition) is 5. The number of amides is 2. The normalized spacial score (nSPS) is 12.0. The largest absolute Gasteiger partial charge is 0.492 e. The molecule has 0 spiro atoms. The molecule has 3 aromatic carbocycles. The first-order valence-electron chi connectivity index (χ1n) is 14.5. The fraction of sp³-hybridized carbons (Fsp3) is 0.394. The van der Waals surface area contributed by atoms with E-state index >= 15 is 0 Å². The number of anilines is 1. The van der Waals surface area contributed by atoms with Crippen LogP contribution in [0.2, 0.25) is 0 Å². The summed E-state index contributed by atoms with van der Waals surface area (Å²) in [5, 5.41) is 2.95. The SMILES string of the molecule is CCOc1ccccc1N(CC(=O)N(CCc1ccccc1)[C@H](CC)C(=O)NCC(C)C)S(=O)(=O)c1ccc(C)cc1. The molecule has 0 aliphatic rings. The van der Waals surface area contributed by atoms with E-state index in [1.54, 1.807) is 36.4 Å². The van der Waals surface area contributed by atoms with Crippen LogP contribution in [0.5, 0.6) is 5.75 Å². The summed E-state index contributed by atoms with van der Waals surface area (Å²) in [6, 6.07) is 22.2. The predicted molar refractivity (Wildman–Crippen MR) is 167 cm³/mol. The Kier molecular flexibility index (Phi) is 12.0.